The first-order chi connectivity index (χ1) is 19.1. The van der Waals surface area contributed by atoms with Gasteiger partial charge in [-0.25, -0.2) is 9.97 Å². The number of hydrogen-bond acceptors (Lipinski definition) is 8. The van der Waals surface area contributed by atoms with Crippen molar-refractivity contribution in [3.8, 4) is 28.4 Å². The first kappa shape index (κ1) is 27.6. The van der Waals surface area contributed by atoms with Crippen molar-refractivity contribution in [1.82, 2.24) is 20.1 Å². The lowest BCUT2D eigenvalue weighted by atomic mass is 10.0. The van der Waals surface area contributed by atoms with Crippen LogP contribution in [0.2, 0.25) is 0 Å². The van der Waals surface area contributed by atoms with Gasteiger partial charge in [-0.2, -0.15) is 13.2 Å². The number of rotatable bonds is 8. The molecule has 0 saturated heterocycles. The van der Waals surface area contributed by atoms with E-state index >= 15 is 0 Å². The number of nitrogens with zero attached hydrogens (tertiary/aromatic N) is 5. The van der Waals surface area contributed by atoms with Crippen LogP contribution >= 0.6 is 0 Å². The fourth-order valence-corrected chi connectivity index (χ4v) is 5.00. The maximum absolute atomic E-state index is 14.3. The molecule has 5 rings (SSSR count). The largest absolute Gasteiger partial charge is 0.491 e. The van der Waals surface area contributed by atoms with Crippen LogP contribution in [0.15, 0.2) is 41.1 Å². The summed E-state index contributed by atoms with van der Waals surface area (Å²) in [5.74, 6) is 1.07. The molecule has 1 aliphatic rings. The summed E-state index contributed by atoms with van der Waals surface area (Å²) in [5, 5.41) is 14.1. The molecule has 40 heavy (non-hydrogen) atoms. The van der Waals surface area contributed by atoms with E-state index in [-0.39, 0.29) is 23.7 Å². The minimum Gasteiger partial charge on any atom is -0.491 e. The molecule has 210 valence electrons. The molecule has 0 amide bonds. The normalized spacial score (nSPS) is 13.9. The van der Waals surface area contributed by atoms with E-state index in [0.717, 1.165) is 23.7 Å². The molecule has 11 heteroatoms. The molecule has 4 aromatic rings. The Morgan fingerprint density at radius 2 is 1.93 bits per heavy atom. The number of benzene rings is 1. The second-order valence-corrected chi connectivity index (χ2v) is 9.97. The fourth-order valence-electron chi connectivity index (χ4n) is 5.00. The summed E-state index contributed by atoms with van der Waals surface area (Å²) < 4.78 is 53.8. The number of alkyl halides is 3. The summed E-state index contributed by atoms with van der Waals surface area (Å²) in [5.41, 5.74) is 3.11. The third-order valence-corrected chi connectivity index (χ3v) is 6.98. The van der Waals surface area contributed by atoms with Crippen molar-refractivity contribution in [2.45, 2.75) is 65.9 Å². The monoisotopic (exact) mass is 553 g/mol. The van der Waals surface area contributed by atoms with Crippen molar-refractivity contribution in [2.24, 2.45) is 0 Å². The second-order valence-electron chi connectivity index (χ2n) is 9.97. The molecule has 0 saturated carbocycles. The highest BCUT2D eigenvalue weighted by Gasteiger charge is 2.36. The molecule has 3 aromatic heterocycles. The zero-order valence-electron chi connectivity index (χ0n) is 22.7. The predicted molar refractivity (Wildman–Crippen MR) is 143 cm³/mol. The maximum atomic E-state index is 14.3. The first-order valence-electron chi connectivity index (χ1n) is 13.1. The van der Waals surface area contributed by atoms with Crippen LogP contribution in [0.25, 0.3) is 22.6 Å². The third kappa shape index (κ3) is 5.38. The zero-order valence-corrected chi connectivity index (χ0v) is 22.7. The highest BCUT2D eigenvalue weighted by molar-refractivity contribution is 5.76. The zero-order chi connectivity index (χ0) is 28.6. The van der Waals surface area contributed by atoms with Gasteiger partial charge in [-0.05, 0) is 57.0 Å². The number of pyridine rings is 1. The third-order valence-electron chi connectivity index (χ3n) is 6.98. The molecule has 0 unspecified atom stereocenters. The lowest BCUT2D eigenvalue weighted by Gasteiger charge is -2.22. The van der Waals surface area contributed by atoms with E-state index in [4.69, 9.17) is 14.2 Å². The van der Waals surface area contributed by atoms with Crippen molar-refractivity contribution in [3.05, 3.63) is 70.4 Å². The Labute approximate surface area is 229 Å². The van der Waals surface area contributed by atoms with Crippen molar-refractivity contribution in [2.75, 3.05) is 11.5 Å². The highest BCUT2D eigenvalue weighted by atomic mass is 19.4. The van der Waals surface area contributed by atoms with Crippen LogP contribution in [0.4, 0.5) is 19.0 Å². The lowest BCUT2D eigenvalue weighted by Crippen LogP contribution is -2.19. The Hall–Kier alpha value is -3.99. The van der Waals surface area contributed by atoms with Gasteiger partial charge in [0, 0.05) is 23.9 Å². The highest BCUT2D eigenvalue weighted by Crippen LogP contribution is 2.41. The molecule has 1 N–H and O–H groups in total. The molecule has 8 nitrogen and oxygen atoms in total. The van der Waals surface area contributed by atoms with E-state index in [1.54, 1.807) is 20.0 Å². The average Bonchev–Trinajstić information content (AvgIpc) is 3.49. The topological polar surface area (TPSA) is 97.4 Å². The van der Waals surface area contributed by atoms with E-state index in [1.807, 2.05) is 30.9 Å². The van der Waals surface area contributed by atoms with Gasteiger partial charge in [0.1, 0.15) is 23.9 Å². The standard InChI is InChI=1S/C29H30F3N5O3/c1-5-7-20(38)15-39-21-9-10-23(29(30,31)32)22(12-21)27-34-26(25-17(3)36-40-18(25)4)16(2)28(35-27)37-13-19-8-6-11-33-24(19)14-37/h6,8-12,20,38H,5,7,13-15H2,1-4H3/t20-/m1/s1. The van der Waals surface area contributed by atoms with Crippen molar-refractivity contribution in [1.29, 1.82) is 0 Å². The van der Waals surface area contributed by atoms with Crippen LogP contribution in [0.1, 0.15) is 53.6 Å². The Kier molecular flexibility index (Phi) is 7.50. The van der Waals surface area contributed by atoms with Crippen LogP contribution in [-0.4, -0.2) is 37.9 Å². The van der Waals surface area contributed by atoms with Crippen LogP contribution in [0.3, 0.4) is 0 Å². The summed E-state index contributed by atoms with van der Waals surface area (Å²) in [6.07, 6.45) is -2.40. The summed E-state index contributed by atoms with van der Waals surface area (Å²) in [4.78, 5) is 15.8. The van der Waals surface area contributed by atoms with Gasteiger partial charge in [0.2, 0.25) is 0 Å². The van der Waals surface area contributed by atoms with Gasteiger partial charge in [-0.1, -0.05) is 24.6 Å². The van der Waals surface area contributed by atoms with Gasteiger partial charge in [0.25, 0.3) is 0 Å². The molecule has 0 bridgehead atoms. The minimum absolute atomic E-state index is 0.0397. The number of aryl methyl sites for hydroxylation is 2. The maximum Gasteiger partial charge on any atom is 0.417 e. The molecule has 0 radical (unpaired) electrons. The molecule has 0 fully saturated rings. The van der Waals surface area contributed by atoms with E-state index < -0.39 is 17.8 Å². The van der Waals surface area contributed by atoms with Gasteiger partial charge in [0.15, 0.2) is 5.82 Å². The molecular formula is C29H30F3N5O3. The van der Waals surface area contributed by atoms with Crippen LogP contribution in [-0.2, 0) is 19.3 Å². The van der Waals surface area contributed by atoms with E-state index in [9.17, 15) is 18.3 Å². The van der Waals surface area contributed by atoms with E-state index in [0.29, 0.717) is 53.6 Å². The SMILES string of the molecule is CCC[C@@H](O)COc1ccc(C(F)(F)F)c(-c2nc(-c3c(C)noc3C)c(C)c(N3Cc4cccnc4C3)n2)c1. The summed E-state index contributed by atoms with van der Waals surface area (Å²) in [7, 11) is 0. The summed E-state index contributed by atoms with van der Waals surface area (Å²) >= 11 is 0. The molecule has 1 atom stereocenters. The van der Waals surface area contributed by atoms with E-state index in [1.165, 1.54) is 12.1 Å². The Morgan fingerprint density at radius 3 is 2.60 bits per heavy atom. The van der Waals surface area contributed by atoms with Gasteiger partial charge in [-0.3, -0.25) is 4.98 Å². The van der Waals surface area contributed by atoms with Gasteiger partial charge in [0.05, 0.1) is 40.9 Å². The molecule has 0 aliphatic carbocycles. The van der Waals surface area contributed by atoms with Crippen molar-refractivity contribution >= 4 is 5.82 Å². The second kappa shape index (κ2) is 10.9. The number of ether oxygens (including phenoxy) is 1. The Bertz CT molecular complexity index is 1490. The molecule has 4 heterocycles. The van der Waals surface area contributed by atoms with Crippen LogP contribution < -0.4 is 9.64 Å². The smallest absolute Gasteiger partial charge is 0.417 e. The summed E-state index contributed by atoms with van der Waals surface area (Å²) in [6.45, 7) is 8.20. The molecule has 1 aliphatic heterocycles. The van der Waals surface area contributed by atoms with Gasteiger partial charge in [-0.15, -0.1) is 0 Å². The lowest BCUT2D eigenvalue weighted by molar-refractivity contribution is -0.137. The summed E-state index contributed by atoms with van der Waals surface area (Å²) in [6, 6.07) is 7.33. The molecule has 1 aromatic carbocycles. The Balaban J connectivity index is 1.67. The number of hydrogen-bond donors (Lipinski definition) is 1. The number of aliphatic hydroxyl groups is 1. The average molecular weight is 554 g/mol. The first-order valence-corrected chi connectivity index (χ1v) is 13.1. The number of aliphatic hydroxyl groups excluding tert-OH is 1. The van der Waals surface area contributed by atoms with Gasteiger partial charge < -0.3 is 19.3 Å². The van der Waals surface area contributed by atoms with Crippen molar-refractivity contribution < 1.29 is 27.5 Å². The molecule has 0 spiro atoms. The number of aromatic nitrogens is 4. The number of halogens is 3. The number of fused-ring (bicyclic) bond motifs is 1. The van der Waals surface area contributed by atoms with Crippen molar-refractivity contribution in [3.63, 3.8) is 0 Å². The fraction of sp³-hybridized carbons (Fsp3) is 0.379. The minimum atomic E-state index is -4.67. The van der Waals surface area contributed by atoms with E-state index in [2.05, 4.69) is 15.1 Å². The van der Waals surface area contributed by atoms with Gasteiger partial charge >= 0.3 is 6.18 Å². The van der Waals surface area contributed by atoms with Crippen LogP contribution in [0.5, 0.6) is 5.75 Å². The predicted octanol–water partition coefficient (Wildman–Crippen LogP) is 6.20. The number of anilines is 1. The quantitative estimate of drug-likeness (QED) is 0.276. The van der Waals surface area contributed by atoms with Crippen LogP contribution in [0, 0.1) is 20.8 Å². The molecular weight excluding hydrogens is 523 g/mol. The Morgan fingerprint density at radius 1 is 1.12 bits per heavy atom.